The van der Waals surface area contributed by atoms with Crippen LogP contribution in [0.5, 0.6) is 0 Å². The van der Waals surface area contributed by atoms with Crippen molar-refractivity contribution in [2.24, 2.45) is 0 Å². The minimum absolute atomic E-state index is 0.0697. The van der Waals surface area contributed by atoms with E-state index in [1.54, 1.807) is 30.5 Å². The minimum atomic E-state index is -1.28. The average Bonchev–Trinajstić information content (AvgIpc) is 3.33. The number of aromatic nitrogens is 3. The molecule has 0 radical (unpaired) electrons. The number of H-pyrrole nitrogens is 1. The third-order valence-corrected chi connectivity index (χ3v) is 6.24. The van der Waals surface area contributed by atoms with Crippen LogP contribution in [0.25, 0.3) is 11.0 Å². The molecule has 0 unspecified atom stereocenters. The number of aromatic carboxylic acids is 1. The fourth-order valence-corrected chi connectivity index (χ4v) is 4.14. The topological polar surface area (TPSA) is 226 Å². The maximum absolute atomic E-state index is 12.7. The Labute approximate surface area is 227 Å². The Kier molecular flexibility index (Phi) is 8.23. The van der Waals surface area contributed by atoms with Gasteiger partial charge in [-0.25, -0.2) is 9.59 Å². The van der Waals surface area contributed by atoms with Gasteiger partial charge in [-0.3, -0.25) is 9.59 Å². The van der Waals surface area contributed by atoms with Crippen LogP contribution < -0.4 is 22.1 Å². The maximum Gasteiger partial charge on any atom is 0.335 e. The van der Waals surface area contributed by atoms with Crippen LogP contribution in [0, 0.1) is 0 Å². The number of fused-ring (bicyclic) bond motifs is 1. The first-order valence-corrected chi connectivity index (χ1v) is 12.3. The van der Waals surface area contributed by atoms with Crippen LogP contribution in [0.4, 0.5) is 17.5 Å². The molecule has 2 heterocycles. The Balaban J connectivity index is 1.30. The van der Waals surface area contributed by atoms with Gasteiger partial charge >= 0.3 is 11.9 Å². The SMILES string of the molecule is Nc1nc(N)c2c(CCc3ccc(C(=O)N[C@@H](CCC(=O)Nc4ccc(C(=O)O)cc4)C(=O)O)cc3)c[nH]c2n1. The Morgan fingerprint density at radius 3 is 2.23 bits per heavy atom. The van der Waals surface area contributed by atoms with Gasteiger partial charge in [-0.05, 0) is 66.8 Å². The molecule has 13 nitrogen and oxygen atoms in total. The number of aliphatic carboxylic acids is 1. The van der Waals surface area contributed by atoms with Crippen molar-refractivity contribution in [1.29, 1.82) is 0 Å². The van der Waals surface area contributed by atoms with Crippen LogP contribution in [0.2, 0.25) is 0 Å². The van der Waals surface area contributed by atoms with Crippen molar-refractivity contribution >= 4 is 52.2 Å². The van der Waals surface area contributed by atoms with Gasteiger partial charge in [-0.15, -0.1) is 0 Å². The summed E-state index contributed by atoms with van der Waals surface area (Å²) in [5.74, 6) is -3.03. The number of nitrogens with two attached hydrogens (primary N) is 2. The van der Waals surface area contributed by atoms with Crippen LogP contribution in [-0.2, 0) is 22.4 Å². The van der Waals surface area contributed by atoms with Gasteiger partial charge in [0.05, 0.1) is 10.9 Å². The first-order chi connectivity index (χ1) is 19.1. The van der Waals surface area contributed by atoms with Gasteiger partial charge in [0.25, 0.3) is 5.91 Å². The number of carboxylic acid groups (broad SMARTS) is 2. The van der Waals surface area contributed by atoms with Gasteiger partial charge < -0.3 is 37.3 Å². The normalized spacial score (nSPS) is 11.6. The zero-order chi connectivity index (χ0) is 28.8. The van der Waals surface area contributed by atoms with E-state index >= 15 is 0 Å². The number of hydrogen-bond donors (Lipinski definition) is 7. The van der Waals surface area contributed by atoms with Gasteiger partial charge in [0.15, 0.2) is 0 Å². The lowest BCUT2D eigenvalue weighted by atomic mass is 10.0. The molecule has 2 aromatic heterocycles. The van der Waals surface area contributed by atoms with Crippen LogP contribution >= 0.6 is 0 Å². The molecule has 206 valence electrons. The Morgan fingerprint density at radius 1 is 0.900 bits per heavy atom. The molecule has 2 aromatic carbocycles. The summed E-state index contributed by atoms with van der Waals surface area (Å²) < 4.78 is 0. The highest BCUT2D eigenvalue weighted by Crippen LogP contribution is 2.24. The van der Waals surface area contributed by atoms with Crippen LogP contribution in [0.3, 0.4) is 0 Å². The summed E-state index contributed by atoms with van der Waals surface area (Å²) in [5, 5.41) is 24.2. The Hall–Kier alpha value is -5.46. The van der Waals surface area contributed by atoms with Crippen LogP contribution in [-0.4, -0.2) is 55.0 Å². The zero-order valence-electron chi connectivity index (χ0n) is 21.2. The average molecular weight is 546 g/mol. The number of aryl methyl sites for hydroxylation is 2. The molecule has 13 heteroatoms. The molecule has 0 fully saturated rings. The molecule has 40 heavy (non-hydrogen) atoms. The zero-order valence-corrected chi connectivity index (χ0v) is 21.2. The second-order valence-corrected chi connectivity index (χ2v) is 9.04. The number of amides is 2. The summed E-state index contributed by atoms with van der Waals surface area (Å²) in [7, 11) is 0. The van der Waals surface area contributed by atoms with E-state index in [9.17, 15) is 24.3 Å². The van der Waals surface area contributed by atoms with E-state index in [0.29, 0.717) is 30.0 Å². The molecule has 0 saturated carbocycles. The second kappa shape index (κ2) is 11.9. The molecule has 0 spiro atoms. The fraction of sp³-hybridized carbons (Fsp3) is 0.185. The maximum atomic E-state index is 12.7. The number of benzene rings is 2. The van der Waals surface area contributed by atoms with Crippen molar-refractivity contribution in [2.45, 2.75) is 31.7 Å². The molecule has 0 bridgehead atoms. The summed E-state index contributed by atoms with van der Waals surface area (Å²) in [6.07, 6.45) is 2.77. The van der Waals surface area contributed by atoms with Crippen molar-refractivity contribution in [3.8, 4) is 0 Å². The lowest BCUT2D eigenvalue weighted by molar-refractivity contribution is -0.139. The first-order valence-electron chi connectivity index (χ1n) is 12.3. The third-order valence-electron chi connectivity index (χ3n) is 6.24. The summed E-state index contributed by atoms with van der Waals surface area (Å²) in [6.45, 7) is 0. The highest BCUT2D eigenvalue weighted by molar-refractivity contribution is 5.97. The molecule has 9 N–H and O–H groups in total. The lowest BCUT2D eigenvalue weighted by Gasteiger charge is -2.15. The number of carbonyl (C=O) groups is 4. The van der Waals surface area contributed by atoms with Crippen molar-refractivity contribution in [1.82, 2.24) is 20.3 Å². The van der Waals surface area contributed by atoms with E-state index in [-0.39, 0.29) is 29.9 Å². The molecular weight excluding hydrogens is 518 g/mol. The molecular formula is C27H27N7O6. The summed E-state index contributed by atoms with van der Waals surface area (Å²) >= 11 is 0. The first kappa shape index (κ1) is 27.6. The number of carbonyl (C=O) groups excluding carboxylic acids is 2. The van der Waals surface area contributed by atoms with Gasteiger partial charge in [-0.1, -0.05) is 12.1 Å². The van der Waals surface area contributed by atoms with E-state index in [2.05, 4.69) is 25.6 Å². The lowest BCUT2D eigenvalue weighted by Crippen LogP contribution is -2.41. The second-order valence-electron chi connectivity index (χ2n) is 9.04. The number of rotatable bonds is 11. The van der Waals surface area contributed by atoms with Crippen molar-refractivity contribution in [2.75, 3.05) is 16.8 Å². The molecule has 0 aliphatic rings. The highest BCUT2D eigenvalue weighted by atomic mass is 16.4. The molecule has 0 saturated heterocycles. The van der Waals surface area contributed by atoms with E-state index < -0.39 is 29.8 Å². The highest BCUT2D eigenvalue weighted by Gasteiger charge is 2.22. The smallest absolute Gasteiger partial charge is 0.335 e. The number of aromatic amines is 1. The quantitative estimate of drug-likeness (QED) is 0.145. The minimum Gasteiger partial charge on any atom is -0.480 e. The monoisotopic (exact) mass is 545 g/mol. The van der Waals surface area contributed by atoms with E-state index in [1.807, 2.05) is 0 Å². The number of nitrogens with one attached hydrogen (secondary N) is 3. The summed E-state index contributed by atoms with van der Waals surface area (Å²) in [4.78, 5) is 58.7. The fourth-order valence-electron chi connectivity index (χ4n) is 4.14. The number of carboxylic acids is 2. The van der Waals surface area contributed by atoms with E-state index in [4.69, 9.17) is 16.6 Å². The van der Waals surface area contributed by atoms with E-state index in [1.165, 1.54) is 24.3 Å². The van der Waals surface area contributed by atoms with Crippen LogP contribution in [0.1, 0.15) is 44.7 Å². The predicted octanol–water partition coefficient (Wildman–Crippen LogP) is 2.21. The standard InChI is InChI=1S/C27H27N7O6/c28-22-21-17(13-30-23(21)34-27(29)33-22)6-3-14-1-4-15(5-2-14)24(36)32-19(26(39)40)11-12-20(35)31-18-9-7-16(8-10-18)25(37)38/h1-2,4-5,7-10,13,19H,3,6,11-12H2,(H,31,35)(H,32,36)(H,37,38)(H,39,40)(H5,28,29,30,33,34)/t19-/m0/s1. The molecule has 2 amide bonds. The van der Waals surface area contributed by atoms with Crippen molar-refractivity contribution < 1.29 is 29.4 Å². The summed E-state index contributed by atoms with van der Waals surface area (Å²) in [5.41, 5.74) is 14.8. The molecule has 4 rings (SSSR count). The third kappa shape index (κ3) is 6.69. The number of anilines is 3. The number of nitrogens with zero attached hydrogens (tertiary/aromatic N) is 2. The molecule has 0 aliphatic carbocycles. The number of hydrogen-bond acceptors (Lipinski definition) is 8. The Bertz CT molecular complexity index is 1570. The van der Waals surface area contributed by atoms with Gasteiger partial charge in [0, 0.05) is 23.9 Å². The Morgan fingerprint density at radius 2 is 1.57 bits per heavy atom. The molecule has 0 aliphatic heterocycles. The summed E-state index contributed by atoms with van der Waals surface area (Å²) in [6, 6.07) is 11.0. The van der Waals surface area contributed by atoms with Gasteiger partial charge in [0.1, 0.15) is 17.5 Å². The molecule has 4 aromatic rings. The van der Waals surface area contributed by atoms with Crippen molar-refractivity contribution in [3.63, 3.8) is 0 Å². The van der Waals surface area contributed by atoms with Crippen LogP contribution in [0.15, 0.2) is 54.7 Å². The predicted molar refractivity (Wildman–Crippen MR) is 147 cm³/mol. The van der Waals surface area contributed by atoms with Crippen molar-refractivity contribution in [3.05, 3.63) is 77.0 Å². The van der Waals surface area contributed by atoms with Gasteiger partial charge in [-0.2, -0.15) is 9.97 Å². The largest absolute Gasteiger partial charge is 0.480 e. The van der Waals surface area contributed by atoms with E-state index in [0.717, 1.165) is 16.5 Å². The molecule has 1 atom stereocenters. The number of nitrogen functional groups attached to an aromatic ring is 2. The van der Waals surface area contributed by atoms with Gasteiger partial charge in [0.2, 0.25) is 11.9 Å².